The molecule has 0 bridgehead atoms. The molecule has 0 saturated heterocycles. The van der Waals surface area contributed by atoms with Gasteiger partial charge in [-0.2, -0.15) is 0 Å². The van der Waals surface area contributed by atoms with Crippen molar-refractivity contribution in [2.75, 3.05) is 0 Å². The lowest BCUT2D eigenvalue weighted by molar-refractivity contribution is 0.0973. The summed E-state index contributed by atoms with van der Waals surface area (Å²) in [6, 6.07) is 0. The molecule has 0 amide bonds. The first-order valence-corrected chi connectivity index (χ1v) is 6.14. The molecule has 0 atom stereocenters. The van der Waals surface area contributed by atoms with Crippen LogP contribution in [0.4, 0.5) is 0 Å². The molecule has 1 heterocycles. The molecule has 2 N–H and O–H groups in total. The molecule has 0 aliphatic carbocycles. The Bertz CT molecular complexity index is 487. The molecule has 0 aliphatic rings. The van der Waals surface area contributed by atoms with Crippen LogP contribution in [-0.4, -0.2) is 16.0 Å². The van der Waals surface area contributed by atoms with Crippen molar-refractivity contribution in [2.45, 2.75) is 46.0 Å². The molecule has 0 unspecified atom stereocenters. The first kappa shape index (κ1) is 14.3. The second-order valence-corrected chi connectivity index (χ2v) is 4.17. The van der Waals surface area contributed by atoms with E-state index in [0.29, 0.717) is 12.8 Å². The van der Waals surface area contributed by atoms with Crippen LogP contribution in [0.3, 0.4) is 0 Å². The topological polar surface area (TPSA) is 87.7 Å². The molecule has 0 aromatic carbocycles. The maximum atomic E-state index is 11.7. The average Bonchev–Trinajstić information content (AvgIpc) is 2.28. The SMILES string of the molecule is CCCCc1c(O)oc(=O)c(C(=O)CCC)c1O. The van der Waals surface area contributed by atoms with Gasteiger partial charge in [0, 0.05) is 6.42 Å². The van der Waals surface area contributed by atoms with E-state index in [2.05, 4.69) is 4.42 Å². The van der Waals surface area contributed by atoms with Crippen molar-refractivity contribution < 1.29 is 19.4 Å². The zero-order valence-corrected chi connectivity index (χ0v) is 10.7. The minimum Gasteiger partial charge on any atom is -0.506 e. The number of ketones is 1. The summed E-state index contributed by atoms with van der Waals surface area (Å²) in [5, 5.41) is 19.4. The van der Waals surface area contributed by atoms with Crippen LogP contribution >= 0.6 is 0 Å². The lowest BCUT2D eigenvalue weighted by atomic mass is 10.0. The molecule has 1 aromatic heterocycles. The lowest BCUT2D eigenvalue weighted by Gasteiger charge is -2.08. The van der Waals surface area contributed by atoms with E-state index in [1.165, 1.54) is 0 Å². The number of rotatable bonds is 6. The van der Waals surface area contributed by atoms with E-state index in [4.69, 9.17) is 0 Å². The van der Waals surface area contributed by atoms with Gasteiger partial charge >= 0.3 is 5.63 Å². The maximum absolute atomic E-state index is 11.7. The molecule has 0 saturated carbocycles. The number of carbonyl (C=O) groups is 1. The summed E-state index contributed by atoms with van der Waals surface area (Å²) in [4.78, 5) is 23.2. The van der Waals surface area contributed by atoms with Crippen molar-refractivity contribution in [2.24, 2.45) is 0 Å². The second-order valence-electron chi connectivity index (χ2n) is 4.17. The highest BCUT2D eigenvalue weighted by molar-refractivity contribution is 5.98. The minimum atomic E-state index is -0.983. The van der Waals surface area contributed by atoms with Gasteiger partial charge in [0.15, 0.2) is 5.78 Å². The van der Waals surface area contributed by atoms with E-state index in [1.54, 1.807) is 6.92 Å². The molecular formula is C13H18O5. The third kappa shape index (κ3) is 2.91. The lowest BCUT2D eigenvalue weighted by Crippen LogP contribution is -2.15. The molecule has 1 aromatic rings. The highest BCUT2D eigenvalue weighted by atomic mass is 16.5. The van der Waals surface area contributed by atoms with E-state index in [1.807, 2.05) is 6.92 Å². The Balaban J connectivity index is 3.26. The summed E-state index contributed by atoms with van der Waals surface area (Å²) in [5.74, 6) is -1.49. The predicted molar refractivity (Wildman–Crippen MR) is 66.2 cm³/mol. The molecule has 1 rings (SSSR count). The Morgan fingerprint density at radius 3 is 2.44 bits per heavy atom. The van der Waals surface area contributed by atoms with Crippen LogP contribution in [-0.2, 0) is 6.42 Å². The summed E-state index contributed by atoms with van der Waals surface area (Å²) in [5.41, 5.74) is -1.19. The summed E-state index contributed by atoms with van der Waals surface area (Å²) in [6.07, 6.45) is 2.68. The number of unbranched alkanes of at least 4 members (excludes halogenated alkanes) is 1. The Morgan fingerprint density at radius 2 is 1.89 bits per heavy atom. The molecule has 5 heteroatoms. The normalized spacial score (nSPS) is 10.6. The molecule has 0 radical (unpaired) electrons. The van der Waals surface area contributed by atoms with Crippen LogP contribution in [0.25, 0.3) is 0 Å². The molecule has 100 valence electrons. The monoisotopic (exact) mass is 254 g/mol. The van der Waals surface area contributed by atoms with E-state index >= 15 is 0 Å². The fourth-order valence-electron chi connectivity index (χ4n) is 1.73. The van der Waals surface area contributed by atoms with Crippen LogP contribution in [0.2, 0.25) is 0 Å². The van der Waals surface area contributed by atoms with Gasteiger partial charge < -0.3 is 14.6 Å². The molecule has 18 heavy (non-hydrogen) atoms. The number of hydrogen-bond acceptors (Lipinski definition) is 5. The van der Waals surface area contributed by atoms with Gasteiger partial charge in [0.05, 0.1) is 5.56 Å². The first-order valence-electron chi connectivity index (χ1n) is 6.14. The summed E-state index contributed by atoms with van der Waals surface area (Å²) >= 11 is 0. The first-order chi connectivity index (χ1) is 8.52. The highest BCUT2D eigenvalue weighted by Crippen LogP contribution is 2.30. The zero-order chi connectivity index (χ0) is 13.7. The second kappa shape index (κ2) is 6.23. The van der Waals surface area contributed by atoms with Gasteiger partial charge in [-0.25, -0.2) is 4.79 Å². The van der Waals surface area contributed by atoms with Crippen LogP contribution in [0.1, 0.15) is 55.5 Å². The standard InChI is InChI=1S/C13H18O5/c1-3-5-7-8-11(15)10(9(14)6-4-2)13(17)18-12(8)16/h15-16H,3-7H2,1-2H3. The van der Waals surface area contributed by atoms with Crippen LogP contribution in [0.5, 0.6) is 11.7 Å². The zero-order valence-electron chi connectivity index (χ0n) is 10.7. The van der Waals surface area contributed by atoms with Crippen molar-refractivity contribution in [3.05, 3.63) is 21.5 Å². The molecular weight excluding hydrogens is 236 g/mol. The summed E-state index contributed by atoms with van der Waals surface area (Å²) < 4.78 is 4.60. The van der Waals surface area contributed by atoms with Gasteiger partial charge in [0.25, 0.3) is 5.95 Å². The fraction of sp³-hybridized carbons (Fsp3) is 0.538. The minimum absolute atomic E-state index is 0.135. The van der Waals surface area contributed by atoms with Crippen LogP contribution in [0.15, 0.2) is 9.21 Å². The summed E-state index contributed by atoms with van der Waals surface area (Å²) in [7, 11) is 0. The number of Topliss-reactive ketones (excluding diaryl/α,β-unsaturated/α-hetero) is 1. The van der Waals surface area contributed by atoms with Gasteiger partial charge in [-0.1, -0.05) is 20.3 Å². The van der Waals surface area contributed by atoms with E-state index in [0.717, 1.165) is 12.8 Å². The van der Waals surface area contributed by atoms with Gasteiger partial charge in [0.2, 0.25) is 0 Å². The number of carbonyl (C=O) groups excluding carboxylic acids is 1. The smallest absolute Gasteiger partial charge is 0.353 e. The molecule has 0 aliphatic heterocycles. The third-order valence-electron chi connectivity index (χ3n) is 2.71. The van der Waals surface area contributed by atoms with E-state index < -0.39 is 23.1 Å². The van der Waals surface area contributed by atoms with Gasteiger partial charge in [-0.3, -0.25) is 4.79 Å². The largest absolute Gasteiger partial charge is 0.506 e. The van der Waals surface area contributed by atoms with Crippen LogP contribution in [0, 0.1) is 0 Å². The maximum Gasteiger partial charge on any atom is 0.353 e. The van der Waals surface area contributed by atoms with Crippen molar-refractivity contribution in [1.29, 1.82) is 0 Å². The quantitative estimate of drug-likeness (QED) is 0.761. The molecule has 5 nitrogen and oxygen atoms in total. The van der Waals surface area contributed by atoms with Gasteiger partial charge in [-0.05, 0) is 19.3 Å². The Labute approximate surface area is 105 Å². The fourth-order valence-corrected chi connectivity index (χ4v) is 1.73. The molecule has 0 spiro atoms. The van der Waals surface area contributed by atoms with Crippen LogP contribution < -0.4 is 5.63 Å². The Morgan fingerprint density at radius 1 is 1.22 bits per heavy atom. The predicted octanol–water partition coefficient (Wildman–Crippen LogP) is 2.38. The highest BCUT2D eigenvalue weighted by Gasteiger charge is 2.23. The number of hydrogen-bond donors (Lipinski definition) is 2. The third-order valence-corrected chi connectivity index (χ3v) is 2.71. The van der Waals surface area contributed by atoms with Gasteiger partial charge in [-0.15, -0.1) is 0 Å². The average molecular weight is 254 g/mol. The number of aromatic hydroxyl groups is 2. The molecule has 0 fully saturated rings. The van der Waals surface area contributed by atoms with E-state index in [-0.39, 0.29) is 17.5 Å². The van der Waals surface area contributed by atoms with Crippen molar-refractivity contribution in [3.63, 3.8) is 0 Å². The van der Waals surface area contributed by atoms with Crippen molar-refractivity contribution in [1.82, 2.24) is 0 Å². The van der Waals surface area contributed by atoms with Crippen molar-refractivity contribution in [3.8, 4) is 11.7 Å². The van der Waals surface area contributed by atoms with Crippen molar-refractivity contribution >= 4 is 5.78 Å². The van der Waals surface area contributed by atoms with Gasteiger partial charge in [0.1, 0.15) is 11.3 Å². The Kier molecular flexibility index (Phi) is 4.95. The summed E-state index contributed by atoms with van der Waals surface area (Å²) in [6.45, 7) is 3.76. The van der Waals surface area contributed by atoms with E-state index in [9.17, 15) is 19.8 Å². The Hall–Kier alpha value is -1.78.